The number of nitrogens with zero attached hydrogens (tertiary/aromatic N) is 1. The smallest absolute Gasteiger partial charge is 0.335 e. The van der Waals surface area contributed by atoms with Crippen LogP contribution in [-0.4, -0.2) is 22.1 Å². The first kappa shape index (κ1) is 14.4. The van der Waals surface area contributed by atoms with Crippen molar-refractivity contribution in [2.75, 3.05) is 5.32 Å². The van der Waals surface area contributed by atoms with E-state index in [4.69, 9.17) is 5.11 Å². The Hall–Kier alpha value is -2.96. The van der Waals surface area contributed by atoms with Gasteiger partial charge in [0.05, 0.1) is 11.3 Å². The molecular formula is C14H12FN3O3. The number of carboxylic acids is 1. The Morgan fingerprint density at radius 1 is 1.19 bits per heavy atom. The summed E-state index contributed by atoms with van der Waals surface area (Å²) in [4.78, 5) is 26.3. The largest absolute Gasteiger partial charge is 0.478 e. The lowest BCUT2D eigenvalue weighted by Gasteiger charge is -2.09. The lowest BCUT2D eigenvalue weighted by molar-refractivity contribution is 0.0697. The maximum absolute atomic E-state index is 13.5. The van der Waals surface area contributed by atoms with E-state index in [0.29, 0.717) is 0 Å². The number of hydrogen-bond donors (Lipinski definition) is 3. The van der Waals surface area contributed by atoms with Gasteiger partial charge in [0.15, 0.2) is 0 Å². The summed E-state index contributed by atoms with van der Waals surface area (Å²) in [5.74, 6) is -1.91. The van der Waals surface area contributed by atoms with Crippen molar-refractivity contribution < 1.29 is 19.1 Å². The van der Waals surface area contributed by atoms with Crippen molar-refractivity contribution in [1.82, 2.24) is 10.3 Å². The van der Waals surface area contributed by atoms with Gasteiger partial charge in [-0.15, -0.1) is 0 Å². The van der Waals surface area contributed by atoms with E-state index in [-0.39, 0.29) is 17.8 Å². The average molecular weight is 289 g/mol. The Labute approximate surface area is 119 Å². The highest BCUT2D eigenvalue weighted by Crippen LogP contribution is 2.16. The zero-order valence-electron chi connectivity index (χ0n) is 10.8. The van der Waals surface area contributed by atoms with Crippen LogP contribution in [0.2, 0.25) is 0 Å². The number of amides is 2. The third kappa shape index (κ3) is 4.00. The van der Waals surface area contributed by atoms with Crippen LogP contribution in [0.15, 0.2) is 42.7 Å². The second-order valence-corrected chi connectivity index (χ2v) is 4.16. The first-order valence-corrected chi connectivity index (χ1v) is 6.03. The van der Waals surface area contributed by atoms with E-state index in [0.717, 1.165) is 23.8 Å². The van der Waals surface area contributed by atoms with Gasteiger partial charge in [0.25, 0.3) is 0 Å². The molecule has 0 fully saturated rings. The molecule has 3 N–H and O–H groups in total. The molecule has 21 heavy (non-hydrogen) atoms. The number of anilines is 1. The second kappa shape index (κ2) is 6.47. The molecule has 2 aromatic rings. The number of carbonyl (C=O) groups is 2. The fourth-order valence-corrected chi connectivity index (χ4v) is 1.60. The highest BCUT2D eigenvalue weighted by molar-refractivity contribution is 5.93. The van der Waals surface area contributed by atoms with Crippen molar-refractivity contribution >= 4 is 17.7 Å². The second-order valence-electron chi connectivity index (χ2n) is 4.16. The number of hydrogen-bond acceptors (Lipinski definition) is 3. The van der Waals surface area contributed by atoms with Gasteiger partial charge in [-0.05, 0) is 35.9 Å². The molecule has 2 amide bonds. The van der Waals surface area contributed by atoms with Gasteiger partial charge in [-0.3, -0.25) is 4.98 Å². The average Bonchev–Trinajstić information content (AvgIpc) is 2.48. The molecule has 0 spiro atoms. The van der Waals surface area contributed by atoms with E-state index in [1.807, 2.05) is 0 Å². The van der Waals surface area contributed by atoms with Gasteiger partial charge in [-0.2, -0.15) is 0 Å². The fourth-order valence-electron chi connectivity index (χ4n) is 1.60. The van der Waals surface area contributed by atoms with Gasteiger partial charge < -0.3 is 15.7 Å². The number of pyridine rings is 1. The molecule has 2 rings (SSSR count). The van der Waals surface area contributed by atoms with Crippen LogP contribution in [0.1, 0.15) is 15.9 Å². The number of benzene rings is 1. The zero-order chi connectivity index (χ0) is 15.2. The van der Waals surface area contributed by atoms with Crippen LogP contribution in [0.3, 0.4) is 0 Å². The first-order chi connectivity index (χ1) is 10.1. The number of halogens is 1. The minimum absolute atomic E-state index is 0.110. The van der Waals surface area contributed by atoms with Crippen molar-refractivity contribution in [2.24, 2.45) is 0 Å². The Morgan fingerprint density at radius 2 is 1.90 bits per heavy atom. The maximum atomic E-state index is 13.5. The van der Waals surface area contributed by atoms with Crippen LogP contribution in [0, 0.1) is 5.82 Å². The van der Waals surface area contributed by atoms with Crippen molar-refractivity contribution in [1.29, 1.82) is 0 Å². The molecule has 1 aromatic heterocycles. The number of aromatic carboxylic acids is 1. The minimum Gasteiger partial charge on any atom is -0.478 e. The van der Waals surface area contributed by atoms with Gasteiger partial charge in [-0.1, -0.05) is 0 Å². The van der Waals surface area contributed by atoms with Gasteiger partial charge in [0.2, 0.25) is 0 Å². The lowest BCUT2D eigenvalue weighted by atomic mass is 10.2. The molecule has 7 heteroatoms. The molecule has 108 valence electrons. The van der Waals surface area contributed by atoms with Crippen LogP contribution < -0.4 is 10.6 Å². The molecule has 0 aliphatic rings. The molecule has 1 heterocycles. The number of urea groups is 1. The Kier molecular flexibility index (Phi) is 4.45. The first-order valence-electron chi connectivity index (χ1n) is 6.03. The fraction of sp³-hybridized carbons (Fsp3) is 0.0714. The van der Waals surface area contributed by atoms with Crippen LogP contribution in [0.4, 0.5) is 14.9 Å². The Bertz CT molecular complexity index is 662. The number of carbonyl (C=O) groups excluding carboxylic acids is 1. The SMILES string of the molecule is O=C(NCc1ccncc1)Nc1cc(C(=O)O)ccc1F. The molecule has 0 saturated carbocycles. The molecular weight excluding hydrogens is 277 g/mol. The molecule has 6 nitrogen and oxygen atoms in total. The highest BCUT2D eigenvalue weighted by Gasteiger charge is 2.10. The predicted octanol–water partition coefficient (Wildman–Crippen LogP) is 2.24. The Balaban J connectivity index is 1.99. The topological polar surface area (TPSA) is 91.3 Å². The van der Waals surface area contributed by atoms with Crippen molar-refractivity contribution in [2.45, 2.75) is 6.54 Å². The summed E-state index contributed by atoms with van der Waals surface area (Å²) in [6.45, 7) is 0.245. The number of rotatable bonds is 4. The summed E-state index contributed by atoms with van der Waals surface area (Å²) in [5, 5.41) is 13.6. The Morgan fingerprint density at radius 3 is 2.57 bits per heavy atom. The van der Waals surface area contributed by atoms with E-state index in [1.165, 1.54) is 0 Å². The molecule has 0 atom stereocenters. The summed E-state index contributed by atoms with van der Waals surface area (Å²) in [5.41, 5.74) is 0.530. The predicted molar refractivity (Wildman–Crippen MR) is 73.5 cm³/mol. The lowest BCUT2D eigenvalue weighted by Crippen LogP contribution is -2.28. The molecule has 0 saturated heterocycles. The highest BCUT2D eigenvalue weighted by atomic mass is 19.1. The molecule has 0 bridgehead atoms. The minimum atomic E-state index is -1.20. The number of nitrogens with one attached hydrogen (secondary N) is 2. The van der Waals surface area contributed by atoms with Gasteiger partial charge >= 0.3 is 12.0 Å². The van der Waals surface area contributed by atoms with E-state index < -0.39 is 17.8 Å². The standard InChI is InChI=1S/C14H12FN3O3/c15-11-2-1-10(13(19)20)7-12(11)18-14(21)17-8-9-3-5-16-6-4-9/h1-7H,8H2,(H,19,20)(H2,17,18,21). The summed E-state index contributed by atoms with van der Waals surface area (Å²) < 4.78 is 13.5. The quantitative estimate of drug-likeness (QED) is 0.805. The van der Waals surface area contributed by atoms with Gasteiger partial charge in [-0.25, -0.2) is 14.0 Å². The summed E-state index contributed by atoms with van der Waals surface area (Å²) >= 11 is 0. The third-order valence-corrected chi connectivity index (χ3v) is 2.66. The van der Waals surface area contributed by atoms with Crippen LogP contribution in [0.5, 0.6) is 0 Å². The molecule has 1 aromatic carbocycles. The molecule has 0 aliphatic carbocycles. The monoisotopic (exact) mass is 289 g/mol. The number of carboxylic acid groups (broad SMARTS) is 1. The van der Waals surface area contributed by atoms with E-state index in [1.54, 1.807) is 24.5 Å². The van der Waals surface area contributed by atoms with Gasteiger partial charge in [0, 0.05) is 18.9 Å². The summed E-state index contributed by atoms with van der Waals surface area (Å²) in [7, 11) is 0. The summed E-state index contributed by atoms with van der Waals surface area (Å²) in [6.07, 6.45) is 3.18. The van der Waals surface area contributed by atoms with Crippen LogP contribution >= 0.6 is 0 Å². The van der Waals surface area contributed by atoms with Crippen molar-refractivity contribution in [3.05, 3.63) is 59.7 Å². The third-order valence-electron chi connectivity index (χ3n) is 2.66. The van der Waals surface area contributed by atoms with Crippen molar-refractivity contribution in [3.8, 4) is 0 Å². The normalized spacial score (nSPS) is 9.95. The molecule has 0 aliphatic heterocycles. The van der Waals surface area contributed by atoms with Crippen LogP contribution in [0.25, 0.3) is 0 Å². The van der Waals surface area contributed by atoms with E-state index in [2.05, 4.69) is 15.6 Å². The van der Waals surface area contributed by atoms with E-state index in [9.17, 15) is 14.0 Å². The van der Waals surface area contributed by atoms with Crippen molar-refractivity contribution in [3.63, 3.8) is 0 Å². The maximum Gasteiger partial charge on any atom is 0.335 e. The number of aromatic nitrogens is 1. The molecule has 0 unspecified atom stereocenters. The van der Waals surface area contributed by atoms with E-state index >= 15 is 0 Å². The molecule has 0 radical (unpaired) electrons. The zero-order valence-corrected chi connectivity index (χ0v) is 10.8. The van der Waals surface area contributed by atoms with Gasteiger partial charge in [0.1, 0.15) is 5.82 Å². The van der Waals surface area contributed by atoms with Crippen LogP contribution in [-0.2, 0) is 6.54 Å². The summed E-state index contributed by atoms with van der Waals surface area (Å²) in [6, 6.07) is 5.99.